The summed E-state index contributed by atoms with van der Waals surface area (Å²) in [5.74, 6) is 1.75. The van der Waals surface area contributed by atoms with E-state index < -0.39 is 0 Å². The molecule has 0 saturated carbocycles. The zero-order valence-corrected chi connectivity index (χ0v) is 29.8. The maximum atomic E-state index is 10.8. The monoisotopic (exact) mass is 839 g/mol. The molecule has 0 saturated heterocycles. The maximum Gasteiger partial charge on any atom is 0.217 e. The number of nitrogens with zero attached hydrogens (tertiary/aromatic N) is 3. The molecule has 0 aliphatic carbocycles. The zero-order chi connectivity index (χ0) is 33.6. The van der Waals surface area contributed by atoms with Gasteiger partial charge in [0.25, 0.3) is 0 Å². The number of hydrogen-bond acceptors (Lipinski definition) is 4. The van der Waals surface area contributed by atoms with Crippen molar-refractivity contribution in [1.29, 1.82) is 0 Å². The number of rotatable bonds is 6. The van der Waals surface area contributed by atoms with Gasteiger partial charge in [-0.05, 0) is 76.0 Å². The Morgan fingerprint density at radius 2 is 1.24 bits per heavy atom. The van der Waals surface area contributed by atoms with Crippen molar-refractivity contribution in [2.45, 2.75) is 6.92 Å². The molecule has 9 aromatic rings. The van der Waals surface area contributed by atoms with Crippen molar-refractivity contribution in [3.8, 4) is 56.6 Å². The number of pyridine rings is 2. The van der Waals surface area contributed by atoms with E-state index in [2.05, 4.69) is 102 Å². The largest absolute Gasteiger partial charge is 0.506 e. The van der Waals surface area contributed by atoms with E-state index in [4.69, 9.17) is 14.7 Å². The van der Waals surface area contributed by atoms with Crippen molar-refractivity contribution in [2.24, 2.45) is 0 Å². The number of aromatic hydroxyl groups is 1. The number of ether oxygens (including phenoxy) is 1. The van der Waals surface area contributed by atoms with E-state index in [1.807, 2.05) is 66.9 Å². The Balaban J connectivity index is 0.00000374. The predicted octanol–water partition coefficient (Wildman–Crippen LogP) is 11.3. The second-order valence-corrected chi connectivity index (χ2v) is 12.4. The van der Waals surface area contributed by atoms with Crippen LogP contribution in [0.4, 0.5) is 0 Å². The molecule has 1 N–H and O–H groups in total. The SMILES string of the molecule is Cc1ccnc(-n2c3[c-]c(Oc4ccc5c(-c6ccccc6)ccc(O)c5n4)ccc3c3c(-c4ccccc4)ccc(-c4ccccc4)c32)c1.[Pt]. The molecular formula is C45H30N3O2Pt-. The average molecular weight is 840 g/mol. The van der Waals surface area contributed by atoms with Crippen LogP contribution in [0.1, 0.15) is 5.56 Å². The van der Waals surface area contributed by atoms with Crippen LogP contribution in [0.5, 0.6) is 17.4 Å². The molecule has 0 aliphatic heterocycles. The first kappa shape index (κ1) is 32.2. The average Bonchev–Trinajstić information content (AvgIpc) is 3.50. The number of aromatic nitrogens is 3. The molecule has 5 nitrogen and oxygen atoms in total. The fourth-order valence-electron chi connectivity index (χ4n) is 6.91. The third-order valence-electron chi connectivity index (χ3n) is 9.20. The van der Waals surface area contributed by atoms with Crippen LogP contribution in [0, 0.1) is 13.0 Å². The Morgan fingerprint density at radius 3 is 1.92 bits per heavy atom. The molecule has 9 rings (SSSR count). The van der Waals surface area contributed by atoms with Gasteiger partial charge < -0.3 is 14.4 Å². The molecule has 0 unspecified atom stereocenters. The molecule has 6 heteroatoms. The van der Waals surface area contributed by atoms with Gasteiger partial charge in [0, 0.05) is 55.5 Å². The minimum atomic E-state index is 0. The Kier molecular flexibility index (Phi) is 8.43. The molecule has 0 aliphatic rings. The van der Waals surface area contributed by atoms with Gasteiger partial charge in [-0.2, -0.15) is 6.07 Å². The Morgan fingerprint density at radius 1 is 0.627 bits per heavy atom. The first-order chi connectivity index (χ1) is 24.6. The predicted molar refractivity (Wildman–Crippen MR) is 202 cm³/mol. The molecular weight excluding hydrogens is 810 g/mol. The van der Waals surface area contributed by atoms with Crippen molar-refractivity contribution in [2.75, 3.05) is 0 Å². The molecule has 0 atom stereocenters. The Bertz CT molecular complexity index is 2690. The van der Waals surface area contributed by atoms with Gasteiger partial charge in [0.1, 0.15) is 17.1 Å². The van der Waals surface area contributed by atoms with Gasteiger partial charge in [-0.25, -0.2) is 9.97 Å². The molecule has 51 heavy (non-hydrogen) atoms. The number of phenols is 1. The maximum absolute atomic E-state index is 10.8. The summed E-state index contributed by atoms with van der Waals surface area (Å²) in [6.45, 7) is 2.08. The quantitative estimate of drug-likeness (QED) is 0.169. The van der Waals surface area contributed by atoms with Crippen LogP contribution in [0.25, 0.3) is 71.9 Å². The van der Waals surface area contributed by atoms with Crippen LogP contribution < -0.4 is 4.74 Å². The van der Waals surface area contributed by atoms with Gasteiger partial charge >= 0.3 is 0 Å². The number of fused-ring (bicyclic) bond motifs is 4. The Labute approximate surface area is 309 Å². The van der Waals surface area contributed by atoms with E-state index in [1.165, 1.54) is 0 Å². The molecule has 0 fully saturated rings. The summed E-state index contributed by atoms with van der Waals surface area (Å²) in [6.07, 6.45) is 1.85. The van der Waals surface area contributed by atoms with E-state index in [9.17, 15) is 5.11 Å². The molecule has 0 radical (unpaired) electrons. The molecule has 0 bridgehead atoms. The summed E-state index contributed by atoms with van der Waals surface area (Å²) in [7, 11) is 0. The molecule has 6 aromatic carbocycles. The second kappa shape index (κ2) is 13.4. The van der Waals surface area contributed by atoms with Crippen LogP contribution >= 0.6 is 0 Å². The summed E-state index contributed by atoms with van der Waals surface area (Å²) in [5, 5.41) is 13.8. The summed E-state index contributed by atoms with van der Waals surface area (Å²) in [4.78, 5) is 9.64. The van der Waals surface area contributed by atoms with E-state index >= 15 is 0 Å². The fourth-order valence-corrected chi connectivity index (χ4v) is 6.91. The minimum Gasteiger partial charge on any atom is -0.506 e. The van der Waals surface area contributed by atoms with Crippen molar-refractivity contribution in [3.05, 3.63) is 169 Å². The smallest absolute Gasteiger partial charge is 0.217 e. The van der Waals surface area contributed by atoms with E-state index in [-0.39, 0.29) is 26.8 Å². The van der Waals surface area contributed by atoms with Gasteiger partial charge in [-0.3, -0.25) is 0 Å². The van der Waals surface area contributed by atoms with Crippen molar-refractivity contribution in [1.82, 2.24) is 14.5 Å². The van der Waals surface area contributed by atoms with Crippen molar-refractivity contribution >= 4 is 32.7 Å². The van der Waals surface area contributed by atoms with Gasteiger partial charge in [-0.15, -0.1) is 17.5 Å². The third kappa shape index (κ3) is 5.76. The number of phenolic OH excluding ortho intramolecular Hbond substituents is 1. The van der Waals surface area contributed by atoms with Crippen LogP contribution in [0.15, 0.2) is 158 Å². The summed E-state index contributed by atoms with van der Waals surface area (Å²) in [6, 6.07) is 54.6. The van der Waals surface area contributed by atoms with E-state index in [0.29, 0.717) is 17.1 Å². The number of aryl methyl sites for hydroxylation is 1. The van der Waals surface area contributed by atoms with E-state index in [1.54, 1.807) is 6.07 Å². The van der Waals surface area contributed by atoms with Crippen molar-refractivity contribution < 1.29 is 30.9 Å². The molecule has 0 amide bonds. The van der Waals surface area contributed by atoms with Gasteiger partial charge in [0.15, 0.2) is 0 Å². The number of benzene rings is 6. The molecule has 248 valence electrons. The van der Waals surface area contributed by atoms with Gasteiger partial charge in [0.2, 0.25) is 5.88 Å². The van der Waals surface area contributed by atoms with Crippen LogP contribution in [0.2, 0.25) is 0 Å². The second-order valence-electron chi connectivity index (χ2n) is 12.4. The summed E-state index contributed by atoms with van der Waals surface area (Å²) in [5.41, 5.74) is 9.96. The van der Waals surface area contributed by atoms with Gasteiger partial charge in [-0.1, -0.05) is 109 Å². The molecule has 0 spiro atoms. The zero-order valence-electron chi connectivity index (χ0n) is 27.5. The normalized spacial score (nSPS) is 11.2. The molecule has 3 heterocycles. The Hall–Kier alpha value is -6.03. The summed E-state index contributed by atoms with van der Waals surface area (Å²) < 4.78 is 8.62. The van der Waals surface area contributed by atoms with Crippen LogP contribution in [0.3, 0.4) is 0 Å². The fraction of sp³-hybridized carbons (Fsp3) is 0.0222. The number of hydrogen-bond donors (Lipinski definition) is 1. The first-order valence-electron chi connectivity index (χ1n) is 16.6. The summed E-state index contributed by atoms with van der Waals surface area (Å²) >= 11 is 0. The standard InChI is InChI=1S/C45H30N3O2.Pt/c1-29-25-26-46-41(27-29)48-39-28-33(50-42-24-22-37-34(30-11-5-2-6-12-30)21-23-40(49)44(37)47-42)17-18-38(39)43-35(31-13-7-3-8-14-31)19-20-36(45(43)48)32-15-9-4-10-16-32;/h2-27,49H,1H3;/q-1;. The third-order valence-corrected chi connectivity index (χ3v) is 9.20. The molecule has 3 aromatic heterocycles. The van der Waals surface area contributed by atoms with Crippen LogP contribution in [-0.4, -0.2) is 19.6 Å². The van der Waals surface area contributed by atoms with Gasteiger partial charge in [0.05, 0.1) is 0 Å². The minimum absolute atomic E-state index is 0. The van der Waals surface area contributed by atoms with Crippen molar-refractivity contribution in [3.63, 3.8) is 0 Å². The van der Waals surface area contributed by atoms with E-state index in [0.717, 1.165) is 72.0 Å². The topological polar surface area (TPSA) is 60.2 Å². The first-order valence-corrected chi connectivity index (χ1v) is 16.6. The van der Waals surface area contributed by atoms with Crippen LogP contribution in [-0.2, 0) is 21.1 Å².